The highest BCUT2D eigenvalue weighted by molar-refractivity contribution is 5.75. The lowest BCUT2D eigenvalue weighted by Gasteiger charge is -2.59. The van der Waals surface area contributed by atoms with Crippen molar-refractivity contribution in [3.05, 3.63) is 0 Å². The molecular weight excluding hydrogens is 472 g/mol. The van der Waals surface area contributed by atoms with Crippen LogP contribution in [0.15, 0.2) is 0 Å². The zero-order valence-electron chi connectivity index (χ0n) is 21.4. The number of ether oxygens (including phenoxy) is 3. The fourth-order valence-electron chi connectivity index (χ4n) is 8.66. The molecule has 0 aromatic carbocycles. The first kappa shape index (κ1) is 26.7. The summed E-state index contributed by atoms with van der Waals surface area (Å²) in [5.74, 6) is -0.943. The maximum Gasteiger partial charge on any atom is 0.309 e. The summed E-state index contributed by atoms with van der Waals surface area (Å²) in [6.07, 6.45) is -1.72. The van der Waals surface area contributed by atoms with Crippen LogP contribution in [0, 0.1) is 22.2 Å². The summed E-state index contributed by atoms with van der Waals surface area (Å²) in [7, 11) is 0. The van der Waals surface area contributed by atoms with E-state index in [2.05, 4.69) is 13.8 Å². The molecule has 5 rings (SSSR count). The Morgan fingerprint density at radius 2 is 1.72 bits per heavy atom. The summed E-state index contributed by atoms with van der Waals surface area (Å²) in [6.45, 7) is 5.85. The van der Waals surface area contributed by atoms with Crippen LogP contribution in [0.2, 0.25) is 0 Å². The standard InChI is InChI=1S/C26H42O10/c1-22(9-10-34-20-19(31)18(30)17(29)14(12-27)35-20)7-8-26-24(3)6-4-5-23(2,21(32)33)15(24)11-16(28)25(26,13-22)36-26/h14-20,27-31H,4-13H2,1-3H3,(H,32,33)/t14-,15+,16+,17-,18+,19-,20-,22-,23+,24-,25-,26-/m0/s1. The smallest absolute Gasteiger partial charge is 0.309 e. The second-order valence-corrected chi connectivity index (χ2v) is 12.9. The van der Waals surface area contributed by atoms with Crippen molar-refractivity contribution < 1.29 is 49.6 Å². The Labute approximate surface area is 211 Å². The van der Waals surface area contributed by atoms with Crippen molar-refractivity contribution in [1.29, 1.82) is 0 Å². The summed E-state index contributed by atoms with van der Waals surface area (Å²) < 4.78 is 17.8. The van der Waals surface area contributed by atoms with E-state index in [1.165, 1.54) is 0 Å². The highest BCUT2D eigenvalue weighted by Crippen LogP contribution is 2.78. The van der Waals surface area contributed by atoms with Crippen LogP contribution in [0.4, 0.5) is 0 Å². The second-order valence-electron chi connectivity index (χ2n) is 12.9. The van der Waals surface area contributed by atoms with Gasteiger partial charge in [-0.05, 0) is 63.2 Å². The Morgan fingerprint density at radius 1 is 1.00 bits per heavy atom. The molecule has 2 saturated heterocycles. The lowest BCUT2D eigenvalue weighted by molar-refractivity contribution is -0.302. The molecule has 12 atom stereocenters. The first-order chi connectivity index (χ1) is 16.8. The number of hydrogen-bond acceptors (Lipinski definition) is 9. The number of aliphatic hydroxyl groups is 5. The lowest BCUT2D eigenvalue weighted by atomic mass is 9.42. The summed E-state index contributed by atoms with van der Waals surface area (Å²) >= 11 is 0. The molecule has 0 radical (unpaired) electrons. The number of carboxylic acid groups (broad SMARTS) is 1. The number of hydrogen-bond donors (Lipinski definition) is 6. The Balaban J connectivity index is 1.28. The first-order valence-electron chi connectivity index (χ1n) is 13.3. The van der Waals surface area contributed by atoms with Crippen LogP contribution < -0.4 is 0 Å². The lowest BCUT2D eigenvalue weighted by Crippen LogP contribution is -2.64. The van der Waals surface area contributed by atoms with Gasteiger partial charge in [0.1, 0.15) is 35.6 Å². The molecule has 0 aromatic heterocycles. The van der Waals surface area contributed by atoms with Crippen LogP contribution in [0.1, 0.15) is 72.1 Å². The second kappa shape index (κ2) is 8.58. The molecule has 10 nitrogen and oxygen atoms in total. The largest absolute Gasteiger partial charge is 0.481 e. The highest BCUT2D eigenvalue weighted by atomic mass is 16.7. The van der Waals surface area contributed by atoms with E-state index in [0.29, 0.717) is 25.7 Å². The van der Waals surface area contributed by atoms with Gasteiger partial charge in [0.05, 0.1) is 24.7 Å². The summed E-state index contributed by atoms with van der Waals surface area (Å²) in [6, 6.07) is 0. The zero-order valence-corrected chi connectivity index (χ0v) is 21.4. The Hall–Kier alpha value is -0.850. The van der Waals surface area contributed by atoms with Gasteiger partial charge in [0.2, 0.25) is 0 Å². The van der Waals surface area contributed by atoms with Crippen LogP contribution in [0.3, 0.4) is 0 Å². The third kappa shape index (κ3) is 3.49. The average molecular weight is 515 g/mol. The number of epoxide rings is 1. The van der Waals surface area contributed by atoms with Gasteiger partial charge < -0.3 is 44.8 Å². The van der Waals surface area contributed by atoms with E-state index in [1.54, 1.807) is 0 Å². The highest BCUT2D eigenvalue weighted by Gasteiger charge is 2.86. The summed E-state index contributed by atoms with van der Waals surface area (Å²) in [5.41, 5.74) is -2.61. The average Bonchev–Trinajstić information content (AvgIpc) is 3.53. The first-order valence-corrected chi connectivity index (χ1v) is 13.3. The molecule has 36 heavy (non-hydrogen) atoms. The quantitative estimate of drug-likeness (QED) is 0.275. The molecule has 6 N–H and O–H groups in total. The van der Waals surface area contributed by atoms with E-state index in [9.17, 15) is 35.4 Å². The SMILES string of the molecule is C[C@@]1(CCO[C@H]2O[C@@H](CO)[C@H](O)[C@@H](O)[C@@H]2O)CC[C@@]23O[C@@]2(C1)[C@H](O)C[C@@H]1[C@](C)(C(=O)O)CCC[C@@]13C. The molecule has 0 aromatic rings. The topological polar surface area (TPSA) is 169 Å². The monoisotopic (exact) mass is 514 g/mol. The third-order valence-electron chi connectivity index (χ3n) is 10.9. The fraction of sp³-hybridized carbons (Fsp3) is 0.962. The molecule has 10 heteroatoms. The van der Waals surface area contributed by atoms with E-state index < -0.39 is 66.0 Å². The number of rotatable bonds is 6. The molecule has 0 bridgehead atoms. The molecule has 206 valence electrons. The van der Waals surface area contributed by atoms with Crippen LogP contribution in [0.5, 0.6) is 0 Å². The molecule has 5 aliphatic rings. The Kier molecular flexibility index (Phi) is 6.37. The number of fused-ring (bicyclic) bond motifs is 1. The van der Waals surface area contributed by atoms with E-state index >= 15 is 0 Å². The molecule has 3 aliphatic carbocycles. The van der Waals surface area contributed by atoms with Crippen molar-refractivity contribution in [2.45, 2.75) is 120 Å². The molecule has 0 unspecified atom stereocenters. The predicted octanol–water partition coefficient (Wildman–Crippen LogP) is 0.553. The summed E-state index contributed by atoms with van der Waals surface area (Å²) in [4.78, 5) is 12.3. The normalized spacial score (nSPS) is 56.3. The van der Waals surface area contributed by atoms with E-state index in [-0.39, 0.29) is 23.4 Å². The minimum Gasteiger partial charge on any atom is -0.481 e. The van der Waals surface area contributed by atoms with Crippen molar-refractivity contribution in [3.63, 3.8) is 0 Å². The van der Waals surface area contributed by atoms with Gasteiger partial charge in [-0.2, -0.15) is 0 Å². The van der Waals surface area contributed by atoms with Crippen molar-refractivity contribution >= 4 is 5.97 Å². The van der Waals surface area contributed by atoms with Gasteiger partial charge in [-0.25, -0.2) is 0 Å². The van der Waals surface area contributed by atoms with Gasteiger partial charge in [0.15, 0.2) is 6.29 Å². The minimum absolute atomic E-state index is 0.152. The minimum atomic E-state index is -1.48. The summed E-state index contributed by atoms with van der Waals surface area (Å²) in [5, 5.41) is 61.1. The van der Waals surface area contributed by atoms with E-state index in [0.717, 1.165) is 25.7 Å². The van der Waals surface area contributed by atoms with Crippen molar-refractivity contribution in [2.24, 2.45) is 22.2 Å². The van der Waals surface area contributed by atoms with E-state index in [4.69, 9.17) is 14.2 Å². The fourth-order valence-corrected chi connectivity index (χ4v) is 8.66. The molecule has 2 aliphatic heterocycles. The van der Waals surface area contributed by atoms with Crippen LogP contribution in [-0.2, 0) is 19.0 Å². The number of aliphatic carboxylic acids is 1. The zero-order chi connectivity index (χ0) is 26.3. The van der Waals surface area contributed by atoms with Crippen LogP contribution >= 0.6 is 0 Å². The molecule has 0 amide bonds. The van der Waals surface area contributed by atoms with Crippen LogP contribution in [0.25, 0.3) is 0 Å². The molecule has 5 fully saturated rings. The molecule has 0 spiro atoms. The Bertz CT molecular complexity index is 883. The number of carbonyl (C=O) groups is 1. The van der Waals surface area contributed by atoms with Crippen LogP contribution in [-0.4, -0.2) is 97.8 Å². The number of aliphatic hydroxyl groups excluding tert-OH is 5. The molecule has 2 heterocycles. The van der Waals surface area contributed by atoms with Gasteiger partial charge in [-0.3, -0.25) is 4.79 Å². The number of carboxylic acids is 1. The molecule has 3 saturated carbocycles. The van der Waals surface area contributed by atoms with Gasteiger partial charge in [0, 0.05) is 5.41 Å². The van der Waals surface area contributed by atoms with Gasteiger partial charge >= 0.3 is 5.97 Å². The van der Waals surface area contributed by atoms with Gasteiger partial charge in [-0.1, -0.05) is 20.3 Å². The van der Waals surface area contributed by atoms with Crippen molar-refractivity contribution in [1.82, 2.24) is 0 Å². The maximum atomic E-state index is 12.3. The van der Waals surface area contributed by atoms with E-state index in [1.807, 2.05) is 6.92 Å². The van der Waals surface area contributed by atoms with Crippen molar-refractivity contribution in [2.75, 3.05) is 13.2 Å². The van der Waals surface area contributed by atoms with Gasteiger partial charge in [-0.15, -0.1) is 0 Å². The molecular formula is C26H42O10. The maximum absolute atomic E-state index is 12.3. The predicted molar refractivity (Wildman–Crippen MR) is 125 cm³/mol. The van der Waals surface area contributed by atoms with Gasteiger partial charge in [0.25, 0.3) is 0 Å². The van der Waals surface area contributed by atoms with Crippen molar-refractivity contribution in [3.8, 4) is 0 Å². The third-order valence-corrected chi connectivity index (χ3v) is 10.9. The Morgan fingerprint density at radius 3 is 2.39 bits per heavy atom.